The second-order valence-electron chi connectivity index (χ2n) is 4.39. The maximum Gasteiger partial charge on any atom is 0.328 e. The number of rotatable bonds is 8. The first-order chi connectivity index (χ1) is 9.59. The standard InChI is InChI=1S/C15H20O5/c1-3-20-14(18)15(13(16)17,10-7-11-19-2)12-8-5-4-6-9-12/h4-6,8-9H,3,7,10-11H2,1-2H3,(H,16,17). The zero-order valence-corrected chi connectivity index (χ0v) is 11.8. The van der Waals surface area contributed by atoms with Gasteiger partial charge in [-0.2, -0.15) is 0 Å². The van der Waals surface area contributed by atoms with E-state index in [0.29, 0.717) is 18.6 Å². The van der Waals surface area contributed by atoms with E-state index in [0.717, 1.165) is 0 Å². The van der Waals surface area contributed by atoms with Crippen LogP contribution in [0.15, 0.2) is 30.3 Å². The summed E-state index contributed by atoms with van der Waals surface area (Å²) < 4.78 is 9.94. The molecule has 1 rings (SSSR count). The molecule has 0 aliphatic heterocycles. The Labute approximate surface area is 118 Å². The molecule has 1 aromatic carbocycles. The van der Waals surface area contributed by atoms with Crippen molar-refractivity contribution >= 4 is 11.9 Å². The Kier molecular flexibility index (Phi) is 6.18. The number of carbonyl (C=O) groups is 2. The number of hydrogen-bond acceptors (Lipinski definition) is 4. The van der Waals surface area contributed by atoms with Gasteiger partial charge in [-0.1, -0.05) is 30.3 Å². The molecule has 0 aliphatic carbocycles. The Morgan fingerprint density at radius 3 is 2.40 bits per heavy atom. The number of hydrogen-bond donors (Lipinski definition) is 1. The number of benzene rings is 1. The average molecular weight is 280 g/mol. The highest BCUT2D eigenvalue weighted by atomic mass is 16.5. The summed E-state index contributed by atoms with van der Waals surface area (Å²) >= 11 is 0. The molecule has 110 valence electrons. The number of carbonyl (C=O) groups excluding carboxylic acids is 1. The lowest BCUT2D eigenvalue weighted by atomic mass is 9.76. The lowest BCUT2D eigenvalue weighted by molar-refractivity contribution is -0.162. The number of methoxy groups -OCH3 is 1. The van der Waals surface area contributed by atoms with Crippen molar-refractivity contribution in [1.82, 2.24) is 0 Å². The molecular formula is C15H20O5. The van der Waals surface area contributed by atoms with Gasteiger partial charge in [0.2, 0.25) is 0 Å². The van der Waals surface area contributed by atoms with Crippen molar-refractivity contribution in [1.29, 1.82) is 0 Å². The average Bonchev–Trinajstić information content (AvgIpc) is 2.44. The van der Waals surface area contributed by atoms with Crippen LogP contribution >= 0.6 is 0 Å². The van der Waals surface area contributed by atoms with Crippen molar-refractivity contribution in [2.24, 2.45) is 0 Å². The smallest absolute Gasteiger partial charge is 0.328 e. The highest BCUT2D eigenvalue weighted by Gasteiger charge is 2.48. The van der Waals surface area contributed by atoms with Crippen LogP contribution in [0.4, 0.5) is 0 Å². The molecule has 20 heavy (non-hydrogen) atoms. The summed E-state index contributed by atoms with van der Waals surface area (Å²) in [6.45, 7) is 2.19. The van der Waals surface area contributed by atoms with Gasteiger partial charge < -0.3 is 14.6 Å². The summed E-state index contributed by atoms with van der Waals surface area (Å²) in [4.78, 5) is 24.0. The molecule has 1 unspecified atom stereocenters. The second-order valence-corrected chi connectivity index (χ2v) is 4.39. The summed E-state index contributed by atoms with van der Waals surface area (Å²) in [6.07, 6.45) is 0.593. The predicted octanol–water partition coefficient (Wildman–Crippen LogP) is 2.00. The molecule has 0 amide bonds. The van der Waals surface area contributed by atoms with Crippen molar-refractivity contribution in [3.05, 3.63) is 35.9 Å². The van der Waals surface area contributed by atoms with Crippen molar-refractivity contribution < 1.29 is 24.2 Å². The van der Waals surface area contributed by atoms with Crippen LogP contribution < -0.4 is 0 Å². The fourth-order valence-electron chi connectivity index (χ4n) is 2.14. The summed E-state index contributed by atoms with van der Waals surface area (Å²) in [5.41, 5.74) is -1.24. The van der Waals surface area contributed by atoms with E-state index < -0.39 is 17.4 Å². The lowest BCUT2D eigenvalue weighted by Gasteiger charge is -2.27. The molecule has 1 atom stereocenters. The van der Waals surface area contributed by atoms with Crippen LogP contribution in [0.3, 0.4) is 0 Å². The third-order valence-electron chi connectivity index (χ3n) is 3.16. The molecule has 0 saturated carbocycles. The fourth-order valence-corrected chi connectivity index (χ4v) is 2.14. The van der Waals surface area contributed by atoms with E-state index in [-0.39, 0.29) is 13.0 Å². The number of carboxylic acid groups (broad SMARTS) is 1. The highest BCUT2D eigenvalue weighted by Crippen LogP contribution is 2.31. The molecule has 0 spiro atoms. The molecule has 1 N–H and O–H groups in total. The van der Waals surface area contributed by atoms with Gasteiger partial charge >= 0.3 is 11.9 Å². The van der Waals surface area contributed by atoms with Crippen LogP contribution in [0, 0.1) is 0 Å². The van der Waals surface area contributed by atoms with E-state index in [4.69, 9.17) is 9.47 Å². The van der Waals surface area contributed by atoms with Crippen LogP contribution in [0.5, 0.6) is 0 Å². The molecule has 0 aromatic heterocycles. The summed E-state index contributed by atoms with van der Waals surface area (Å²) in [5.74, 6) is -1.92. The fraction of sp³-hybridized carbons (Fsp3) is 0.467. The van der Waals surface area contributed by atoms with Gasteiger partial charge in [-0.3, -0.25) is 9.59 Å². The molecule has 1 aromatic rings. The summed E-state index contributed by atoms with van der Waals surface area (Å²) in [7, 11) is 1.54. The first-order valence-electron chi connectivity index (χ1n) is 6.54. The van der Waals surface area contributed by atoms with Gasteiger partial charge in [-0.15, -0.1) is 0 Å². The first-order valence-corrected chi connectivity index (χ1v) is 6.54. The molecule has 0 fully saturated rings. The van der Waals surface area contributed by atoms with Gasteiger partial charge in [0.15, 0.2) is 5.41 Å². The largest absolute Gasteiger partial charge is 0.480 e. The van der Waals surface area contributed by atoms with Crippen molar-refractivity contribution in [2.45, 2.75) is 25.2 Å². The molecule has 0 radical (unpaired) electrons. The Morgan fingerprint density at radius 1 is 1.25 bits per heavy atom. The van der Waals surface area contributed by atoms with Crippen molar-refractivity contribution in [3.8, 4) is 0 Å². The van der Waals surface area contributed by atoms with Crippen LogP contribution in [-0.2, 0) is 24.5 Å². The highest BCUT2D eigenvalue weighted by molar-refractivity contribution is 6.05. The molecule has 0 aliphatic rings. The molecule has 5 heteroatoms. The van der Waals surface area contributed by atoms with Gasteiger partial charge in [-0.25, -0.2) is 0 Å². The normalized spacial score (nSPS) is 13.5. The predicted molar refractivity (Wildman–Crippen MR) is 73.5 cm³/mol. The van der Waals surface area contributed by atoms with E-state index in [9.17, 15) is 14.7 Å². The molecular weight excluding hydrogens is 260 g/mol. The molecule has 0 bridgehead atoms. The maximum absolute atomic E-state index is 12.3. The quantitative estimate of drug-likeness (QED) is 0.448. The van der Waals surface area contributed by atoms with Crippen LogP contribution in [0.2, 0.25) is 0 Å². The monoisotopic (exact) mass is 280 g/mol. The Balaban J connectivity index is 3.20. The van der Waals surface area contributed by atoms with Crippen LogP contribution in [0.1, 0.15) is 25.3 Å². The van der Waals surface area contributed by atoms with Crippen LogP contribution in [0.25, 0.3) is 0 Å². The molecule has 0 heterocycles. The van der Waals surface area contributed by atoms with Gasteiger partial charge in [-0.05, 0) is 25.3 Å². The van der Waals surface area contributed by atoms with E-state index in [1.165, 1.54) is 7.11 Å². The minimum Gasteiger partial charge on any atom is -0.480 e. The minimum atomic E-state index is -1.67. The Morgan fingerprint density at radius 2 is 1.90 bits per heavy atom. The van der Waals surface area contributed by atoms with E-state index in [1.807, 2.05) is 0 Å². The van der Waals surface area contributed by atoms with Crippen molar-refractivity contribution in [2.75, 3.05) is 20.3 Å². The minimum absolute atomic E-state index is 0.138. The maximum atomic E-state index is 12.3. The molecule has 5 nitrogen and oxygen atoms in total. The van der Waals surface area contributed by atoms with Gasteiger partial charge in [0.1, 0.15) is 0 Å². The number of esters is 1. The van der Waals surface area contributed by atoms with Gasteiger partial charge in [0.25, 0.3) is 0 Å². The Hall–Kier alpha value is -1.88. The molecule has 0 saturated heterocycles. The third kappa shape index (κ3) is 3.36. The number of aliphatic carboxylic acids is 1. The number of carboxylic acids is 1. The zero-order valence-electron chi connectivity index (χ0n) is 11.8. The first kappa shape index (κ1) is 16.2. The second kappa shape index (κ2) is 7.65. The summed E-state index contributed by atoms with van der Waals surface area (Å²) in [6, 6.07) is 8.47. The third-order valence-corrected chi connectivity index (χ3v) is 3.16. The number of ether oxygens (including phenoxy) is 2. The zero-order chi connectivity index (χ0) is 15.0. The van der Waals surface area contributed by atoms with Crippen LogP contribution in [-0.4, -0.2) is 37.4 Å². The van der Waals surface area contributed by atoms with E-state index in [1.54, 1.807) is 37.3 Å². The van der Waals surface area contributed by atoms with E-state index >= 15 is 0 Å². The summed E-state index contributed by atoms with van der Waals surface area (Å²) in [5, 5.41) is 9.63. The van der Waals surface area contributed by atoms with E-state index in [2.05, 4.69) is 0 Å². The SMILES string of the molecule is CCOC(=O)C(CCCOC)(C(=O)O)c1ccccc1. The van der Waals surface area contributed by atoms with Crippen molar-refractivity contribution in [3.63, 3.8) is 0 Å². The lowest BCUT2D eigenvalue weighted by Crippen LogP contribution is -2.45. The van der Waals surface area contributed by atoms with Gasteiger partial charge in [0.05, 0.1) is 6.61 Å². The Bertz CT molecular complexity index is 443. The topological polar surface area (TPSA) is 72.8 Å². The van der Waals surface area contributed by atoms with Gasteiger partial charge in [0, 0.05) is 13.7 Å².